The number of hydrogen-bond donors (Lipinski definition) is 1. The summed E-state index contributed by atoms with van der Waals surface area (Å²) in [7, 11) is 1.76. The van der Waals surface area contributed by atoms with Gasteiger partial charge in [-0.05, 0) is 19.5 Å². The normalized spacial score (nSPS) is 10.3. The first-order chi connectivity index (χ1) is 6.29. The average molecular weight is 181 g/mol. The van der Waals surface area contributed by atoms with Crippen LogP contribution < -0.4 is 5.32 Å². The molecule has 0 saturated carbocycles. The van der Waals surface area contributed by atoms with Crippen molar-refractivity contribution in [1.29, 1.82) is 0 Å². The van der Waals surface area contributed by atoms with Crippen molar-refractivity contribution in [2.45, 2.75) is 19.9 Å². The second kappa shape index (κ2) is 4.77. The number of aryl methyl sites for hydroxylation is 1. The van der Waals surface area contributed by atoms with Crippen molar-refractivity contribution in [1.82, 2.24) is 15.1 Å². The lowest BCUT2D eigenvalue weighted by molar-refractivity contribution is 0.0983. The molecule has 0 saturated heterocycles. The Bertz CT molecular complexity index is 280. The number of nitrogens with one attached hydrogen (secondary N) is 1. The molecule has 0 fully saturated rings. The van der Waals surface area contributed by atoms with E-state index in [1.165, 1.54) is 0 Å². The highest BCUT2D eigenvalue weighted by Gasteiger charge is 2.09. The molecule has 1 aromatic heterocycles. The topological polar surface area (TPSA) is 46.9 Å². The van der Waals surface area contributed by atoms with Crippen molar-refractivity contribution in [2.75, 3.05) is 13.6 Å². The van der Waals surface area contributed by atoms with Crippen molar-refractivity contribution in [2.24, 2.45) is 0 Å². The fraction of sp³-hybridized carbons (Fsp3) is 0.556. The maximum atomic E-state index is 11.5. The third-order valence-electron chi connectivity index (χ3n) is 1.77. The highest BCUT2D eigenvalue weighted by atomic mass is 16.1. The van der Waals surface area contributed by atoms with Crippen LogP contribution in [-0.2, 0) is 6.54 Å². The van der Waals surface area contributed by atoms with Crippen molar-refractivity contribution >= 4 is 5.78 Å². The quantitative estimate of drug-likeness (QED) is 0.680. The molecule has 0 atom stereocenters. The number of ketones is 1. The first-order valence-corrected chi connectivity index (χ1v) is 4.49. The van der Waals surface area contributed by atoms with Gasteiger partial charge in [-0.1, -0.05) is 6.92 Å². The van der Waals surface area contributed by atoms with Crippen molar-refractivity contribution in [3.63, 3.8) is 0 Å². The molecule has 0 aliphatic heterocycles. The number of rotatable bonds is 5. The van der Waals surface area contributed by atoms with E-state index in [0.717, 1.165) is 13.0 Å². The Morgan fingerprint density at radius 2 is 2.46 bits per heavy atom. The van der Waals surface area contributed by atoms with E-state index in [2.05, 4.69) is 17.3 Å². The number of Topliss-reactive ketones (excluding diaryl/α,β-unsaturated/α-hetero) is 1. The van der Waals surface area contributed by atoms with E-state index in [-0.39, 0.29) is 5.78 Å². The summed E-state index contributed by atoms with van der Waals surface area (Å²) in [5.41, 5.74) is 0.691. The largest absolute Gasteiger partial charge is 0.313 e. The SMILES string of the molecule is CCCn1nccc1C(=O)CNC. The Morgan fingerprint density at radius 3 is 3.08 bits per heavy atom. The van der Waals surface area contributed by atoms with Crippen LogP contribution in [0.2, 0.25) is 0 Å². The molecule has 72 valence electrons. The molecular weight excluding hydrogens is 166 g/mol. The van der Waals surface area contributed by atoms with Crippen LogP contribution in [0.5, 0.6) is 0 Å². The lowest BCUT2D eigenvalue weighted by atomic mass is 10.3. The van der Waals surface area contributed by atoms with E-state index in [1.807, 2.05) is 0 Å². The molecular formula is C9H15N3O. The Balaban J connectivity index is 2.74. The number of nitrogens with zero attached hydrogens (tertiary/aromatic N) is 2. The van der Waals surface area contributed by atoms with Crippen molar-refractivity contribution in [3.8, 4) is 0 Å². The third kappa shape index (κ3) is 2.39. The van der Waals surface area contributed by atoms with E-state index in [9.17, 15) is 4.79 Å². The molecule has 0 bridgehead atoms. The number of hydrogen-bond acceptors (Lipinski definition) is 3. The second-order valence-electron chi connectivity index (χ2n) is 2.89. The fourth-order valence-corrected chi connectivity index (χ4v) is 1.21. The predicted molar refractivity (Wildman–Crippen MR) is 50.8 cm³/mol. The Morgan fingerprint density at radius 1 is 1.69 bits per heavy atom. The van der Waals surface area contributed by atoms with Crippen LogP contribution in [0.3, 0.4) is 0 Å². The van der Waals surface area contributed by atoms with Gasteiger partial charge in [-0.3, -0.25) is 9.48 Å². The minimum atomic E-state index is 0.0912. The summed E-state index contributed by atoms with van der Waals surface area (Å²) in [5.74, 6) is 0.0912. The van der Waals surface area contributed by atoms with E-state index in [1.54, 1.807) is 24.0 Å². The van der Waals surface area contributed by atoms with E-state index in [4.69, 9.17) is 0 Å². The highest BCUT2D eigenvalue weighted by Crippen LogP contribution is 2.00. The smallest absolute Gasteiger partial charge is 0.194 e. The lowest BCUT2D eigenvalue weighted by Crippen LogP contribution is -2.21. The Kier molecular flexibility index (Phi) is 3.64. The maximum absolute atomic E-state index is 11.5. The molecule has 1 rings (SSSR count). The molecule has 0 aromatic carbocycles. The predicted octanol–water partition coefficient (Wildman–Crippen LogP) is 0.695. The minimum Gasteiger partial charge on any atom is -0.313 e. The van der Waals surface area contributed by atoms with Gasteiger partial charge >= 0.3 is 0 Å². The Labute approximate surface area is 77.9 Å². The van der Waals surface area contributed by atoms with Crippen molar-refractivity contribution < 1.29 is 4.79 Å². The molecule has 0 spiro atoms. The van der Waals surface area contributed by atoms with Gasteiger partial charge in [-0.25, -0.2) is 0 Å². The summed E-state index contributed by atoms with van der Waals surface area (Å²) >= 11 is 0. The lowest BCUT2D eigenvalue weighted by Gasteiger charge is -2.03. The van der Waals surface area contributed by atoms with Crippen LogP contribution in [0.1, 0.15) is 23.8 Å². The standard InChI is InChI=1S/C9H15N3O/c1-3-6-12-8(4-5-11-12)9(13)7-10-2/h4-5,10H,3,6-7H2,1-2H3. The van der Waals surface area contributed by atoms with Gasteiger partial charge in [0.2, 0.25) is 0 Å². The zero-order valence-corrected chi connectivity index (χ0v) is 8.08. The molecule has 0 aliphatic rings. The van der Waals surface area contributed by atoms with Gasteiger partial charge in [0.1, 0.15) is 5.69 Å². The average Bonchev–Trinajstić information content (AvgIpc) is 2.54. The summed E-state index contributed by atoms with van der Waals surface area (Å²) in [6.45, 7) is 3.24. The van der Waals surface area contributed by atoms with Crippen LogP contribution in [0.4, 0.5) is 0 Å². The van der Waals surface area contributed by atoms with Gasteiger partial charge in [0, 0.05) is 12.7 Å². The first-order valence-electron chi connectivity index (χ1n) is 4.49. The van der Waals surface area contributed by atoms with Crippen LogP contribution in [0.15, 0.2) is 12.3 Å². The second-order valence-corrected chi connectivity index (χ2v) is 2.89. The summed E-state index contributed by atoms with van der Waals surface area (Å²) in [6, 6.07) is 1.76. The van der Waals surface area contributed by atoms with Gasteiger partial charge in [-0.2, -0.15) is 5.10 Å². The fourth-order valence-electron chi connectivity index (χ4n) is 1.21. The Hall–Kier alpha value is -1.16. The van der Waals surface area contributed by atoms with Crippen molar-refractivity contribution in [3.05, 3.63) is 18.0 Å². The number of aromatic nitrogens is 2. The van der Waals surface area contributed by atoms with E-state index in [0.29, 0.717) is 12.2 Å². The van der Waals surface area contributed by atoms with Crippen LogP contribution >= 0.6 is 0 Å². The van der Waals surface area contributed by atoms with Gasteiger partial charge in [0.25, 0.3) is 0 Å². The summed E-state index contributed by atoms with van der Waals surface area (Å²) in [5, 5.41) is 6.91. The maximum Gasteiger partial charge on any atom is 0.194 e. The number of likely N-dealkylation sites (N-methyl/N-ethyl adjacent to an activating group) is 1. The highest BCUT2D eigenvalue weighted by molar-refractivity contribution is 5.95. The zero-order chi connectivity index (χ0) is 9.68. The summed E-state index contributed by atoms with van der Waals surface area (Å²) in [4.78, 5) is 11.5. The molecule has 4 nitrogen and oxygen atoms in total. The van der Waals surface area contributed by atoms with Crippen LogP contribution in [0, 0.1) is 0 Å². The molecule has 0 aliphatic carbocycles. The molecule has 1 heterocycles. The monoisotopic (exact) mass is 181 g/mol. The number of carbonyl (C=O) groups is 1. The third-order valence-corrected chi connectivity index (χ3v) is 1.77. The van der Waals surface area contributed by atoms with Crippen LogP contribution in [-0.4, -0.2) is 29.2 Å². The van der Waals surface area contributed by atoms with Crippen LogP contribution in [0.25, 0.3) is 0 Å². The molecule has 13 heavy (non-hydrogen) atoms. The van der Waals surface area contributed by atoms with Gasteiger partial charge in [0.05, 0.1) is 6.54 Å². The molecule has 0 amide bonds. The molecule has 1 N–H and O–H groups in total. The summed E-state index contributed by atoms with van der Waals surface area (Å²) < 4.78 is 1.75. The first kappa shape index (κ1) is 9.92. The number of carbonyl (C=O) groups excluding carboxylic acids is 1. The van der Waals surface area contributed by atoms with E-state index >= 15 is 0 Å². The summed E-state index contributed by atoms with van der Waals surface area (Å²) in [6.07, 6.45) is 2.65. The van der Waals surface area contributed by atoms with Gasteiger partial charge in [0.15, 0.2) is 5.78 Å². The van der Waals surface area contributed by atoms with E-state index < -0.39 is 0 Å². The molecule has 1 aromatic rings. The molecule has 0 radical (unpaired) electrons. The van der Waals surface area contributed by atoms with Gasteiger partial charge < -0.3 is 5.32 Å². The minimum absolute atomic E-state index is 0.0912. The molecule has 0 unspecified atom stereocenters. The molecule has 4 heteroatoms. The van der Waals surface area contributed by atoms with Gasteiger partial charge in [-0.15, -0.1) is 0 Å². The zero-order valence-electron chi connectivity index (χ0n) is 8.08.